The largest absolute Gasteiger partial charge is 0.507 e. The van der Waals surface area contributed by atoms with E-state index in [-0.39, 0.29) is 17.3 Å². The summed E-state index contributed by atoms with van der Waals surface area (Å²) in [4.78, 5) is 16.3. The van der Waals surface area contributed by atoms with Crippen LogP contribution in [0.4, 0.5) is 5.95 Å². The fraction of sp³-hybridized carbons (Fsp3) is 0.286. The average Bonchev–Trinajstić information content (AvgIpc) is 2.47. The molecule has 1 heterocycles. The molecule has 6 nitrogen and oxygen atoms in total. The van der Waals surface area contributed by atoms with E-state index >= 15 is 0 Å². The molecule has 0 radical (unpaired) electrons. The molecule has 0 aliphatic rings. The first-order chi connectivity index (χ1) is 9.65. The van der Waals surface area contributed by atoms with Crippen molar-refractivity contribution in [2.45, 2.75) is 26.7 Å². The number of carbonyl (C=O) groups is 1. The van der Waals surface area contributed by atoms with Gasteiger partial charge >= 0.3 is 0 Å². The van der Waals surface area contributed by atoms with Crippen LogP contribution in [-0.2, 0) is 12.8 Å². The van der Waals surface area contributed by atoms with E-state index < -0.39 is 5.91 Å². The van der Waals surface area contributed by atoms with Crippen LogP contribution in [0.3, 0.4) is 0 Å². The van der Waals surface area contributed by atoms with Crippen molar-refractivity contribution in [3.8, 4) is 5.75 Å². The molecule has 1 aromatic carbocycles. The van der Waals surface area contributed by atoms with Gasteiger partial charge in [0.2, 0.25) is 5.95 Å². The molecule has 0 fully saturated rings. The Balaban J connectivity index is 2.22. The minimum atomic E-state index is -0.462. The standard InChI is InChI=1S/C14H16N4O2/c1-3-10-11(4-2)17-18-14(15-10)16-13(20)9-7-5-6-8-12(9)19/h5-8,19H,3-4H2,1-2H3,(H,15,16,18,20). The van der Waals surface area contributed by atoms with Gasteiger partial charge in [-0.3, -0.25) is 10.1 Å². The summed E-state index contributed by atoms with van der Waals surface area (Å²) in [7, 11) is 0. The number of para-hydroxylation sites is 1. The molecule has 2 aromatic rings. The van der Waals surface area contributed by atoms with Crippen molar-refractivity contribution in [1.29, 1.82) is 0 Å². The number of phenols is 1. The number of rotatable bonds is 4. The molecule has 1 amide bonds. The minimum absolute atomic E-state index is 0.0844. The Morgan fingerprint density at radius 2 is 1.85 bits per heavy atom. The third-order valence-corrected chi connectivity index (χ3v) is 2.88. The molecule has 0 bridgehead atoms. The molecule has 0 saturated carbocycles. The highest BCUT2D eigenvalue weighted by molar-refractivity contribution is 6.05. The SMILES string of the molecule is CCc1nnc(NC(=O)c2ccccc2O)nc1CC. The van der Waals surface area contributed by atoms with Gasteiger partial charge in [0, 0.05) is 0 Å². The van der Waals surface area contributed by atoms with Gasteiger partial charge < -0.3 is 5.11 Å². The molecule has 0 aliphatic carbocycles. The monoisotopic (exact) mass is 272 g/mol. The summed E-state index contributed by atoms with van der Waals surface area (Å²) in [5.74, 6) is -0.401. The molecule has 0 saturated heterocycles. The smallest absolute Gasteiger partial charge is 0.261 e. The number of nitrogens with one attached hydrogen (secondary N) is 1. The van der Waals surface area contributed by atoms with Gasteiger partial charge in [-0.15, -0.1) is 10.2 Å². The van der Waals surface area contributed by atoms with Gasteiger partial charge in [-0.1, -0.05) is 26.0 Å². The molecule has 1 aromatic heterocycles. The van der Waals surface area contributed by atoms with Crippen LogP contribution in [0.25, 0.3) is 0 Å². The van der Waals surface area contributed by atoms with Gasteiger partial charge in [-0.05, 0) is 25.0 Å². The lowest BCUT2D eigenvalue weighted by atomic mass is 10.2. The summed E-state index contributed by atoms with van der Waals surface area (Å²) in [5, 5.41) is 20.1. The topological polar surface area (TPSA) is 88.0 Å². The summed E-state index contributed by atoms with van der Waals surface area (Å²) in [6, 6.07) is 6.30. The van der Waals surface area contributed by atoms with Crippen LogP contribution in [0.2, 0.25) is 0 Å². The van der Waals surface area contributed by atoms with Crippen molar-refractivity contribution < 1.29 is 9.90 Å². The summed E-state index contributed by atoms with van der Waals surface area (Å²) < 4.78 is 0. The van der Waals surface area contributed by atoms with Crippen molar-refractivity contribution in [1.82, 2.24) is 15.2 Å². The maximum Gasteiger partial charge on any atom is 0.261 e. The van der Waals surface area contributed by atoms with Crippen LogP contribution in [0.15, 0.2) is 24.3 Å². The van der Waals surface area contributed by atoms with E-state index in [1.807, 2.05) is 13.8 Å². The normalized spacial score (nSPS) is 10.3. The Morgan fingerprint density at radius 1 is 1.15 bits per heavy atom. The van der Waals surface area contributed by atoms with Crippen molar-refractivity contribution in [3.05, 3.63) is 41.2 Å². The first-order valence-electron chi connectivity index (χ1n) is 6.47. The molecular weight excluding hydrogens is 256 g/mol. The van der Waals surface area contributed by atoms with E-state index in [9.17, 15) is 9.90 Å². The molecule has 104 valence electrons. The van der Waals surface area contributed by atoms with E-state index in [2.05, 4.69) is 20.5 Å². The Labute approximate surface area is 116 Å². The number of hydrogen-bond donors (Lipinski definition) is 2. The second-order valence-corrected chi connectivity index (χ2v) is 4.21. The molecule has 0 unspecified atom stereocenters. The lowest BCUT2D eigenvalue weighted by Crippen LogP contribution is -2.16. The fourth-order valence-corrected chi connectivity index (χ4v) is 1.83. The van der Waals surface area contributed by atoms with Crippen molar-refractivity contribution in [3.63, 3.8) is 0 Å². The summed E-state index contributed by atoms with van der Waals surface area (Å²) in [5.41, 5.74) is 1.82. The highest BCUT2D eigenvalue weighted by Gasteiger charge is 2.13. The zero-order valence-electron chi connectivity index (χ0n) is 11.4. The molecule has 20 heavy (non-hydrogen) atoms. The van der Waals surface area contributed by atoms with Gasteiger partial charge in [0.25, 0.3) is 5.91 Å². The Bertz CT molecular complexity index is 628. The second kappa shape index (κ2) is 6.10. The first-order valence-corrected chi connectivity index (χ1v) is 6.47. The molecule has 2 rings (SSSR count). The number of benzene rings is 1. The van der Waals surface area contributed by atoms with Crippen LogP contribution in [0.1, 0.15) is 35.6 Å². The first kappa shape index (κ1) is 13.9. The average molecular weight is 272 g/mol. The van der Waals surface area contributed by atoms with E-state index in [1.54, 1.807) is 12.1 Å². The number of carbonyl (C=O) groups excluding carboxylic acids is 1. The maximum atomic E-state index is 12.0. The fourth-order valence-electron chi connectivity index (χ4n) is 1.83. The van der Waals surface area contributed by atoms with E-state index in [4.69, 9.17) is 0 Å². The summed E-state index contributed by atoms with van der Waals surface area (Å²) in [6.07, 6.45) is 1.47. The lowest BCUT2D eigenvalue weighted by molar-refractivity contribution is 0.102. The van der Waals surface area contributed by atoms with Crippen LogP contribution in [0.5, 0.6) is 5.75 Å². The Hall–Kier alpha value is -2.50. The summed E-state index contributed by atoms with van der Waals surface area (Å²) in [6.45, 7) is 3.95. The number of phenolic OH excluding ortho intramolecular Hbond substituents is 1. The Kier molecular flexibility index (Phi) is 4.24. The quantitative estimate of drug-likeness (QED) is 0.888. The molecule has 2 N–H and O–H groups in total. The zero-order valence-corrected chi connectivity index (χ0v) is 11.4. The molecule has 0 atom stereocenters. The predicted octanol–water partition coefficient (Wildman–Crippen LogP) is 1.95. The highest BCUT2D eigenvalue weighted by Crippen LogP contribution is 2.16. The molecular formula is C14H16N4O2. The Morgan fingerprint density at radius 3 is 2.50 bits per heavy atom. The molecule has 6 heteroatoms. The second-order valence-electron chi connectivity index (χ2n) is 4.21. The lowest BCUT2D eigenvalue weighted by Gasteiger charge is -2.07. The van der Waals surface area contributed by atoms with Crippen molar-refractivity contribution in [2.75, 3.05) is 5.32 Å². The number of aromatic nitrogens is 3. The summed E-state index contributed by atoms with van der Waals surface area (Å²) >= 11 is 0. The van der Waals surface area contributed by atoms with E-state index in [0.717, 1.165) is 24.2 Å². The van der Waals surface area contributed by atoms with Crippen LogP contribution in [-0.4, -0.2) is 26.2 Å². The number of amides is 1. The number of aryl methyl sites for hydroxylation is 2. The molecule has 0 spiro atoms. The predicted molar refractivity (Wildman–Crippen MR) is 74.6 cm³/mol. The van der Waals surface area contributed by atoms with Crippen molar-refractivity contribution in [2.24, 2.45) is 0 Å². The van der Waals surface area contributed by atoms with E-state index in [0.29, 0.717) is 0 Å². The highest BCUT2D eigenvalue weighted by atomic mass is 16.3. The van der Waals surface area contributed by atoms with Gasteiger partial charge in [0.1, 0.15) is 5.75 Å². The van der Waals surface area contributed by atoms with Gasteiger partial charge in [-0.2, -0.15) is 0 Å². The van der Waals surface area contributed by atoms with Gasteiger partial charge in [-0.25, -0.2) is 4.98 Å². The van der Waals surface area contributed by atoms with Crippen LogP contribution < -0.4 is 5.32 Å². The number of hydrogen-bond acceptors (Lipinski definition) is 5. The third kappa shape index (κ3) is 2.90. The van der Waals surface area contributed by atoms with Gasteiger partial charge in [0.05, 0.1) is 17.0 Å². The van der Waals surface area contributed by atoms with Crippen molar-refractivity contribution >= 4 is 11.9 Å². The van der Waals surface area contributed by atoms with Gasteiger partial charge in [0.15, 0.2) is 0 Å². The van der Waals surface area contributed by atoms with E-state index in [1.165, 1.54) is 12.1 Å². The maximum absolute atomic E-state index is 12.0. The zero-order chi connectivity index (χ0) is 14.5. The minimum Gasteiger partial charge on any atom is -0.507 e. The van der Waals surface area contributed by atoms with Crippen LogP contribution >= 0.6 is 0 Å². The number of nitrogens with zero attached hydrogens (tertiary/aromatic N) is 3. The number of anilines is 1. The molecule has 0 aliphatic heterocycles. The third-order valence-electron chi connectivity index (χ3n) is 2.88. The van der Waals surface area contributed by atoms with Crippen LogP contribution in [0, 0.1) is 0 Å². The number of aromatic hydroxyl groups is 1.